The summed E-state index contributed by atoms with van der Waals surface area (Å²) in [5.74, 6) is -1.24. The highest BCUT2D eigenvalue weighted by molar-refractivity contribution is 14.0. The largest absolute Gasteiger partial charge is 0.477 e. The number of hydrogen-bond donors (Lipinski definition) is 3. The molecule has 17 heteroatoms. The van der Waals surface area contributed by atoms with Crippen molar-refractivity contribution in [3.05, 3.63) is 22.3 Å². The van der Waals surface area contributed by atoms with Crippen molar-refractivity contribution in [3.63, 3.8) is 0 Å². The van der Waals surface area contributed by atoms with E-state index in [4.69, 9.17) is 5.73 Å². The number of rotatable bonds is 10. The maximum absolute atomic E-state index is 12.8. The molecule has 35 heavy (non-hydrogen) atoms. The van der Waals surface area contributed by atoms with E-state index in [1.54, 1.807) is 10.1 Å². The number of nitrogens with zero attached hydrogens (tertiary/aromatic N) is 7. The molecule has 0 aromatic carbocycles. The van der Waals surface area contributed by atoms with Gasteiger partial charge in [-0.3, -0.25) is 14.5 Å². The lowest BCUT2D eigenvalue weighted by Crippen LogP contribution is -2.70. The van der Waals surface area contributed by atoms with Crippen LogP contribution in [0, 0.1) is 0 Å². The highest BCUT2D eigenvalue weighted by Gasteiger charge is 2.54. The highest BCUT2D eigenvalue weighted by atomic mass is 127. The predicted octanol–water partition coefficient (Wildman–Crippen LogP) is -0.0352. The van der Waals surface area contributed by atoms with E-state index >= 15 is 0 Å². The summed E-state index contributed by atoms with van der Waals surface area (Å²) in [4.78, 5) is 44.5. The number of tetrazole rings is 1. The third-order valence-electron chi connectivity index (χ3n) is 5.11. The van der Waals surface area contributed by atoms with Crippen LogP contribution in [0.5, 0.6) is 0 Å². The summed E-state index contributed by atoms with van der Waals surface area (Å²) >= 11 is 3.98. The Bertz CT molecular complexity index is 1140. The number of carbonyl (C=O) groups is 3. The lowest BCUT2D eigenvalue weighted by Gasteiger charge is -2.49. The van der Waals surface area contributed by atoms with Crippen molar-refractivity contribution in [1.82, 2.24) is 40.3 Å². The molecule has 1 fully saturated rings. The van der Waals surface area contributed by atoms with Crippen molar-refractivity contribution < 1.29 is 19.5 Å². The predicted molar refractivity (Wildman–Crippen MR) is 142 cm³/mol. The minimum atomic E-state index is -1.18. The fourth-order valence-corrected chi connectivity index (χ4v) is 6.42. The summed E-state index contributed by atoms with van der Waals surface area (Å²) in [5.41, 5.74) is 6.68. The second kappa shape index (κ2) is 11.8. The summed E-state index contributed by atoms with van der Waals surface area (Å²) in [6.45, 7) is 1.36. The number of β-lactam (4-membered cyclic amide) rings is 1. The summed E-state index contributed by atoms with van der Waals surface area (Å²) in [6, 6.07) is -0.782. The number of nitrogens with one attached hydrogen (secondary N) is 1. The van der Waals surface area contributed by atoms with Crippen LogP contribution in [0.25, 0.3) is 0 Å². The standard InChI is InChI=1S/C18H23N9O4S3.HI/c1-25(2)3-4-26-18(22-23-24-26)34-7-9-6-32-15-12(14(29)27(15)13(9)16(30)31)21-11(28)5-10-8-33-17(19)20-10;/h8,12,15H,3-7H2,1-2H3,(H2,19,20)(H,21,28)(H,30,31);1H/t12-,15-;/m1./s1. The molecule has 1 saturated heterocycles. The molecule has 190 valence electrons. The topological polar surface area (TPSA) is 172 Å². The van der Waals surface area contributed by atoms with Crippen molar-refractivity contribution >= 4 is 81.8 Å². The minimum absolute atomic E-state index is 0. The van der Waals surface area contributed by atoms with Gasteiger partial charge in [-0.1, -0.05) is 11.8 Å². The second-order valence-electron chi connectivity index (χ2n) is 7.84. The Hall–Kier alpha value is -1.96. The van der Waals surface area contributed by atoms with Crippen LogP contribution in [0.2, 0.25) is 0 Å². The molecule has 0 spiro atoms. The molecule has 0 bridgehead atoms. The van der Waals surface area contributed by atoms with E-state index in [2.05, 4.69) is 25.8 Å². The third-order valence-corrected chi connectivity index (χ3v) is 8.22. The number of hydrogen-bond acceptors (Lipinski definition) is 12. The maximum atomic E-state index is 12.8. The van der Waals surface area contributed by atoms with Gasteiger partial charge in [0.25, 0.3) is 5.91 Å². The first kappa shape index (κ1) is 27.6. The molecule has 4 N–H and O–H groups in total. The number of fused-ring (bicyclic) bond motifs is 1. The second-order valence-corrected chi connectivity index (χ2v) is 10.8. The quantitative estimate of drug-likeness (QED) is 0.178. The number of nitrogens with two attached hydrogens (primary N) is 1. The van der Waals surface area contributed by atoms with Crippen LogP contribution in [-0.4, -0.2) is 101 Å². The molecule has 13 nitrogen and oxygen atoms in total. The van der Waals surface area contributed by atoms with Gasteiger partial charge in [0.1, 0.15) is 17.1 Å². The fourth-order valence-electron chi connectivity index (χ4n) is 3.47. The lowest BCUT2D eigenvalue weighted by molar-refractivity contribution is -0.150. The van der Waals surface area contributed by atoms with Gasteiger partial charge in [-0.05, 0) is 30.1 Å². The number of halogens is 1. The Labute approximate surface area is 230 Å². The zero-order chi connectivity index (χ0) is 24.4. The van der Waals surface area contributed by atoms with E-state index in [0.717, 1.165) is 6.54 Å². The molecule has 2 aromatic heterocycles. The van der Waals surface area contributed by atoms with Crippen LogP contribution in [0.15, 0.2) is 21.8 Å². The van der Waals surface area contributed by atoms with Crippen molar-refractivity contribution in [2.24, 2.45) is 0 Å². The highest BCUT2D eigenvalue weighted by Crippen LogP contribution is 2.41. The summed E-state index contributed by atoms with van der Waals surface area (Å²) < 4.78 is 1.67. The molecule has 4 rings (SSSR count). The molecule has 2 aromatic rings. The van der Waals surface area contributed by atoms with Crippen molar-refractivity contribution in [3.8, 4) is 0 Å². The number of thioether (sulfide) groups is 2. The molecule has 2 amide bonds. The number of carbonyl (C=O) groups excluding carboxylic acids is 2. The van der Waals surface area contributed by atoms with Crippen LogP contribution in [0.1, 0.15) is 5.69 Å². The first-order valence-corrected chi connectivity index (χ1v) is 13.1. The number of anilines is 1. The Balaban J connectivity index is 0.00000342. The summed E-state index contributed by atoms with van der Waals surface area (Å²) in [6.07, 6.45) is 0.000917. The number of nitrogen functional groups attached to an aromatic ring is 1. The van der Waals surface area contributed by atoms with Gasteiger partial charge in [0.15, 0.2) is 5.13 Å². The van der Waals surface area contributed by atoms with Crippen LogP contribution in [0.3, 0.4) is 0 Å². The van der Waals surface area contributed by atoms with Gasteiger partial charge in [-0.2, -0.15) is 0 Å². The summed E-state index contributed by atoms with van der Waals surface area (Å²) in [7, 11) is 3.90. The first-order valence-electron chi connectivity index (χ1n) is 10.2. The number of thiazole rings is 1. The third kappa shape index (κ3) is 6.25. The number of carboxylic acid groups (broad SMARTS) is 1. The molecule has 0 radical (unpaired) electrons. The number of likely N-dealkylation sites (N-methyl/N-ethyl adjacent to an activating group) is 1. The van der Waals surface area contributed by atoms with Crippen molar-refractivity contribution in [1.29, 1.82) is 0 Å². The van der Waals surface area contributed by atoms with Gasteiger partial charge in [0, 0.05) is 23.4 Å². The maximum Gasteiger partial charge on any atom is 0.352 e. The zero-order valence-corrected chi connectivity index (χ0v) is 23.6. The smallest absolute Gasteiger partial charge is 0.352 e. The fraction of sp³-hybridized carbons (Fsp3) is 0.500. The van der Waals surface area contributed by atoms with Gasteiger partial charge in [0.2, 0.25) is 11.1 Å². The Kier molecular flexibility index (Phi) is 9.35. The number of amides is 2. The number of aromatic nitrogens is 5. The van der Waals surface area contributed by atoms with Crippen LogP contribution < -0.4 is 11.1 Å². The number of aliphatic carboxylic acids is 1. The molecule has 0 unspecified atom stereocenters. The van der Waals surface area contributed by atoms with E-state index in [1.165, 1.54) is 39.8 Å². The van der Waals surface area contributed by atoms with E-state index in [9.17, 15) is 19.5 Å². The monoisotopic (exact) mass is 653 g/mol. The van der Waals surface area contributed by atoms with E-state index < -0.39 is 23.3 Å². The van der Waals surface area contributed by atoms with Gasteiger partial charge in [-0.25, -0.2) is 14.5 Å². The lowest BCUT2D eigenvalue weighted by atomic mass is 10.0. The van der Waals surface area contributed by atoms with Crippen LogP contribution in [0.4, 0.5) is 5.13 Å². The molecule has 2 aliphatic heterocycles. The molecular formula is C18H24IN9O4S3. The molecular weight excluding hydrogens is 629 g/mol. The van der Waals surface area contributed by atoms with Crippen LogP contribution >= 0.6 is 58.8 Å². The first-order chi connectivity index (χ1) is 16.2. The Morgan fingerprint density at radius 1 is 1.40 bits per heavy atom. The number of carboxylic acids is 1. The SMILES string of the molecule is CN(C)CCn1nnnc1SCC1=C(C(=O)O)N2C(=O)[C@@H](NC(=O)Cc3csc(N)n3)[C@H]2SC1.I. The molecule has 0 aliphatic carbocycles. The molecule has 0 saturated carbocycles. The van der Waals surface area contributed by atoms with Crippen LogP contribution in [-0.2, 0) is 27.3 Å². The molecule has 2 aliphatic rings. The summed E-state index contributed by atoms with van der Waals surface area (Å²) in [5, 5.41) is 26.4. The Morgan fingerprint density at radius 2 is 2.17 bits per heavy atom. The normalized spacial score (nSPS) is 19.3. The van der Waals surface area contributed by atoms with Gasteiger partial charge in [0.05, 0.1) is 18.7 Å². The molecule has 2 atom stereocenters. The zero-order valence-electron chi connectivity index (χ0n) is 18.8. The minimum Gasteiger partial charge on any atom is -0.477 e. The Morgan fingerprint density at radius 3 is 2.83 bits per heavy atom. The van der Waals surface area contributed by atoms with Crippen molar-refractivity contribution in [2.45, 2.75) is 29.5 Å². The van der Waals surface area contributed by atoms with Gasteiger partial charge >= 0.3 is 5.97 Å². The van der Waals surface area contributed by atoms with Crippen molar-refractivity contribution in [2.75, 3.05) is 37.9 Å². The average molecular weight is 654 g/mol. The van der Waals surface area contributed by atoms with Gasteiger partial charge < -0.3 is 21.1 Å². The van der Waals surface area contributed by atoms with E-state index in [-0.39, 0.29) is 42.0 Å². The van der Waals surface area contributed by atoms with E-state index in [1.807, 2.05) is 19.0 Å². The average Bonchev–Trinajstić information content (AvgIpc) is 3.41. The molecule has 4 heterocycles. The van der Waals surface area contributed by atoms with Gasteiger partial charge in [-0.15, -0.1) is 52.2 Å². The van der Waals surface area contributed by atoms with E-state index in [0.29, 0.717) is 39.6 Å².